The van der Waals surface area contributed by atoms with Crippen LogP contribution in [-0.4, -0.2) is 25.5 Å². The molecule has 0 unspecified atom stereocenters. The zero-order chi connectivity index (χ0) is 22.7. The number of nitrogens with zero attached hydrogens (tertiary/aromatic N) is 4. The van der Waals surface area contributed by atoms with Crippen LogP contribution in [0, 0.1) is 13.8 Å². The quantitative estimate of drug-likeness (QED) is 0.356. The summed E-state index contributed by atoms with van der Waals surface area (Å²) < 4.78 is 10.1. The molecule has 4 rings (SSSR count). The van der Waals surface area contributed by atoms with E-state index in [1.807, 2.05) is 61.1 Å². The van der Waals surface area contributed by atoms with Crippen molar-refractivity contribution in [2.45, 2.75) is 27.1 Å². The first-order valence-electron chi connectivity index (χ1n) is 9.88. The van der Waals surface area contributed by atoms with Crippen molar-refractivity contribution in [1.82, 2.24) is 19.6 Å². The number of aromatic nitrogens is 4. The lowest BCUT2D eigenvalue weighted by atomic mass is 10.1. The molecule has 0 saturated heterocycles. The molecule has 1 amide bonds. The van der Waals surface area contributed by atoms with Crippen molar-refractivity contribution in [2.75, 3.05) is 5.32 Å². The molecule has 0 fully saturated rings. The first kappa shape index (κ1) is 22.1. The van der Waals surface area contributed by atoms with E-state index in [0.717, 1.165) is 26.2 Å². The molecule has 0 aliphatic heterocycles. The Hall–Kier alpha value is -3.10. The van der Waals surface area contributed by atoms with E-state index in [-0.39, 0.29) is 12.6 Å². The standard InChI is InChI=1S/C23H21BrClN5O2/c1-15-8-20(9-16(2)22(15)25)32-14-29-7-6-21(28-29)23(31)27-19-5-3-4-17(10-19)12-30-13-18(24)11-26-30/h3-11,13H,12,14H2,1-2H3,(H,27,31). The highest BCUT2D eigenvalue weighted by Crippen LogP contribution is 2.26. The molecule has 4 aromatic rings. The molecule has 2 aromatic carbocycles. The molecule has 7 nitrogen and oxygen atoms in total. The zero-order valence-electron chi connectivity index (χ0n) is 17.5. The Balaban J connectivity index is 1.37. The van der Waals surface area contributed by atoms with E-state index in [1.54, 1.807) is 23.1 Å². The third-order valence-corrected chi connectivity index (χ3v) is 5.78. The first-order valence-corrected chi connectivity index (χ1v) is 11.1. The second kappa shape index (κ2) is 9.58. The van der Waals surface area contributed by atoms with Crippen molar-refractivity contribution >= 4 is 39.1 Å². The van der Waals surface area contributed by atoms with E-state index in [0.29, 0.717) is 23.7 Å². The van der Waals surface area contributed by atoms with Crippen LogP contribution in [0.2, 0.25) is 5.02 Å². The van der Waals surface area contributed by atoms with Gasteiger partial charge >= 0.3 is 0 Å². The molecule has 1 N–H and O–H groups in total. The van der Waals surface area contributed by atoms with Crippen molar-refractivity contribution in [1.29, 1.82) is 0 Å². The number of anilines is 1. The first-order chi connectivity index (χ1) is 15.4. The van der Waals surface area contributed by atoms with Gasteiger partial charge in [-0.3, -0.25) is 9.48 Å². The molecular formula is C23H21BrClN5O2. The lowest BCUT2D eigenvalue weighted by molar-refractivity contribution is 0.102. The Labute approximate surface area is 199 Å². The van der Waals surface area contributed by atoms with Gasteiger partial charge in [0.05, 0.1) is 17.2 Å². The summed E-state index contributed by atoms with van der Waals surface area (Å²) in [5, 5.41) is 12.2. The molecule has 0 aliphatic carbocycles. The van der Waals surface area contributed by atoms with Gasteiger partial charge in [0.2, 0.25) is 0 Å². The van der Waals surface area contributed by atoms with Crippen molar-refractivity contribution < 1.29 is 9.53 Å². The van der Waals surface area contributed by atoms with Gasteiger partial charge in [0.25, 0.3) is 5.91 Å². The molecule has 0 radical (unpaired) electrons. The van der Waals surface area contributed by atoms with Gasteiger partial charge in [0.15, 0.2) is 12.4 Å². The van der Waals surface area contributed by atoms with Crippen LogP contribution in [-0.2, 0) is 13.3 Å². The Kier molecular flexibility index (Phi) is 6.62. The van der Waals surface area contributed by atoms with Crippen LogP contribution in [0.3, 0.4) is 0 Å². The maximum atomic E-state index is 12.6. The number of aryl methyl sites for hydroxylation is 2. The summed E-state index contributed by atoms with van der Waals surface area (Å²) in [4.78, 5) is 12.6. The molecule has 0 spiro atoms. The molecular weight excluding hydrogens is 494 g/mol. The van der Waals surface area contributed by atoms with Crippen LogP contribution in [0.5, 0.6) is 5.75 Å². The third-order valence-electron chi connectivity index (χ3n) is 4.78. The summed E-state index contributed by atoms with van der Waals surface area (Å²) in [6, 6.07) is 13.0. The van der Waals surface area contributed by atoms with Crippen molar-refractivity contribution in [3.8, 4) is 5.75 Å². The molecule has 2 aromatic heterocycles. The highest BCUT2D eigenvalue weighted by Gasteiger charge is 2.11. The Bertz CT molecular complexity index is 1240. The minimum Gasteiger partial charge on any atom is -0.471 e. The largest absolute Gasteiger partial charge is 0.471 e. The van der Waals surface area contributed by atoms with Crippen LogP contribution >= 0.6 is 27.5 Å². The van der Waals surface area contributed by atoms with Crippen molar-refractivity contribution in [3.05, 3.63) is 92.9 Å². The fourth-order valence-electron chi connectivity index (χ4n) is 3.24. The maximum absolute atomic E-state index is 12.6. The molecule has 32 heavy (non-hydrogen) atoms. The van der Waals surface area contributed by atoms with E-state index in [1.165, 1.54) is 0 Å². The number of hydrogen-bond acceptors (Lipinski definition) is 4. The van der Waals surface area contributed by atoms with Crippen LogP contribution in [0.25, 0.3) is 0 Å². The molecule has 2 heterocycles. The van der Waals surface area contributed by atoms with Gasteiger partial charge < -0.3 is 10.1 Å². The Morgan fingerprint density at radius 3 is 2.66 bits per heavy atom. The number of carbonyl (C=O) groups is 1. The van der Waals surface area contributed by atoms with Crippen LogP contribution in [0.4, 0.5) is 5.69 Å². The van der Waals surface area contributed by atoms with E-state index >= 15 is 0 Å². The lowest BCUT2D eigenvalue weighted by Gasteiger charge is -2.10. The fraction of sp³-hybridized carbons (Fsp3) is 0.174. The second-order valence-corrected chi connectivity index (χ2v) is 8.69. The van der Waals surface area contributed by atoms with E-state index in [4.69, 9.17) is 16.3 Å². The highest BCUT2D eigenvalue weighted by atomic mass is 79.9. The monoisotopic (exact) mass is 513 g/mol. The van der Waals surface area contributed by atoms with Gasteiger partial charge in [-0.1, -0.05) is 23.7 Å². The second-order valence-electron chi connectivity index (χ2n) is 7.40. The third kappa shape index (κ3) is 5.38. The van der Waals surface area contributed by atoms with Crippen LogP contribution in [0.1, 0.15) is 27.2 Å². The summed E-state index contributed by atoms with van der Waals surface area (Å²) in [7, 11) is 0. The van der Waals surface area contributed by atoms with Crippen molar-refractivity contribution in [3.63, 3.8) is 0 Å². The average molecular weight is 515 g/mol. The van der Waals surface area contributed by atoms with Gasteiger partial charge in [-0.25, -0.2) is 4.68 Å². The van der Waals surface area contributed by atoms with Gasteiger partial charge in [-0.2, -0.15) is 10.2 Å². The summed E-state index contributed by atoms with van der Waals surface area (Å²) >= 11 is 9.59. The molecule has 0 bridgehead atoms. The number of amides is 1. The summed E-state index contributed by atoms with van der Waals surface area (Å²) in [6.07, 6.45) is 5.34. The van der Waals surface area contributed by atoms with Crippen LogP contribution in [0.15, 0.2) is 65.5 Å². The van der Waals surface area contributed by atoms with Gasteiger partial charge in [-0.05, 0) is 76.8 Å². The molecule has 9 heteroatoms. The number of benzene rings is 2. The van der Waals surface area contributed by atoms with Gasteiger partial charge in [0.1, 0.15) is 5.75 Å². The number of halogens is 2. The van der Waals surface area contributed by atoms with Gasteiger partial charge in [0, 0.05) is 23.1 Å². The van der Waals surface area contributed by atoms with E-state index in [9.17, 15) is 4.79 Å². The number of ether oxygens (including phenoxy) is 1. The van der Waals surface area contributed by atoms with Gasteiger partial charge in [-0.15, -0.1) is 0 Å². The SMILES string of the molecule is Cc1cc(OCn2ccc(C(=O)Nc3cccc(Cn4cc(Br)cn4)c3)n2)cc(C)c1Cl. The zero-order valence-corrected chi connectivity index (χ0v) is 19.9. The topological polar surface area (TPSA) is 74.0 Å². The van der Waals surface area contributed by atoms with E-state index < -0.39 is 0 Å². The predicted molar refractivity (Wildman–Crippen MR) is 127 cm³/mol. The lowest BCUT2D eigenvalue weighted by Crippen LogP contribution is -2.14. The van der Waals surface area contributed by atoms with Crippen LogP contribution < -0.4 is 10.1 Å². The molecule has 0 aliphatic rings. The molecule has 164 valence electrons. The Morgan fingerprint density at radius 1 is 1.16 bits per heavy atom. The number of carbonyl (C=O) groups excluding carboxylic acids is 1. The number of nitrogens with one attached hydrogen (secondary N) is 1. The summed E-state index contributed by atoms with van der Waals surface area (Å²) in [5.41, 5.74) is 3.91. The maximum Gasteiger partial charge on any atom is 0.276 e. The van der Waals surface area contributed by atoms with Crippen molar-refractivity contribution in [2.24, 2.45) is 0 Å². The average Bonchev–Trinajstić information content (AvgIpc) is 3.39. The minimum atomic E-state index is -0.291. The fourth-order valence-corrected chi connectivity index (χ4v) is 3.68. The number of rotatable bonds is 7. The number of hydrogen-bond donors (Lipinski definition) is 1. The Morgan fingerprint density at radius 2 is 1.94 bits per heavy atom. The smallest absolute Gasteiger partial charge is 0.276 e. The summed E-state index contributed by atoms with van der Waals surface area (Å²) in [5.74, 6) is 0.410. The van der Waals surface area contributed by atoms with E-state index in [2.05, 4.69) is 31.4 Å². The predicted octanol–water partition coefficient (Wildman–Crippen LogP) is 5.45. The highest BCUT2D eigenvalue weighted by molar-refractivity contribution is 9.10. The minimum absolute atomic E-state index is 0.183. The molecule has 0 saturated carbocycles. The normalized spacial score (nSPS) is 10.9. The summed E-state index contributed by atoms with van der Waals surface area (Å²) in [6.45, 7) is 4.65. The molecule has 0 atom stereocenters.